The van der Waals surface area contributed by atoms with Crippen LogP contribution in [0.5, 0.6) is 0 Å². The van der Waals surface area contributed by atoms with Crippen molar-refractivity contribution in [1.29, 1.82) is 0 Å². The van der Waals surface area contributed by atoms with Crippen LogP contribution in [0.3, 0.4) is 0 Å². The Hall–Kier alpha value is -3.56. The van der Waals surface area contributed by atoms with Crippen molar-refractivity contribution in [3.8, 4) is 0 Å². The van der Waals surface area contributed by atoms with Crippen molar-refractivity contribution in [3.63, 3.8) is 0 Å². The number of amides is 3. The van der Waals surface area contributed by atoms with Gasteiger partial charge in [-0.05, 0) is 12.5 Å². The summed E-state index contributed by atoms with van der Waals surface area (Å²) >= 11 is 0. The number of nitrogens with one attached hydrogen (secondary N) is 2. The molecule has 1 aromatic heterocycles. The zero-order valence-corrected chi connectivity index (χ0v) is 12.9. The first kappa shape index (κ1) is 16.3. The van der Waals surface area contributed by atoms with Crippen molar-refractivity contribution in [2.24, 2.45) is 0 Å². The fourth-order valence-electron chi connectivity index (χ4n) is 2.53. The minimum atomic E-state index is -0.625. The molecule has 1 aliphatic heterocycles. The Bertz CT molecular complexity index is 861. The van der Waals surface area contributed by atoms with E-state index in [1.807, 2.05) is 0 Å². The highest BCUT2D eigenvalue weighted by Gasteiger charge is 2.36. The third-order valence-corrected chi connectivity index (χ3v) is 3.73. The number of aromatic nitrogens is 2. The molecule has 0 saturated carbocycles. The number of rotatable bonds is 6. The lowest BCUT2D eigenvalue weighted by atomic mass is 10.1. The van der Waals surface area contributed by atoms with E-state index < -0.39 is 16.7 Å². The van der Waals surface area contributed by atoms with Crippen LogP contribution in [0.2, 0.25) is 0 Å². The average Bonchev–Trinajstić information content (AvgIpc) is 3.17. The first-order valence-electron chi connectivity index (χ1n) is 7.41. The van der Waals surface area contributed by atoms with Gasteiger partial charge in [-0.1, -0.05) is 0 Å². The Morgan fingerprint density at radius 1 is 1.24 bits per heavy atom. The van der Waals surface area contributed by atoms with Crippen LogP contribution >= 0.6 is 0 Å². The molecule has 0 unspecified atom stereocenters. The minimum Gasteiger partial charge on any atom is -0.311 e. The van der Waals surface area contributed by atoms with Gasteiger partial charge in [0.05, 0.1) is 22.2 Å². The lowest BCUT2D eigenvalue weighted by Gasteiger charge is -2.13. The lowest BCUT2D eigenvalue weighted by molar-refractivity contribution is -0.384. The number of imide groups is 1. The molecule has 0 radical (unpaired) electrons. The number of H-pyrrole nitrogens is 1. The topological polar surface area (TPSA) is 138 Å². The van der Waals surface area contributed by atoms with Crippen LogP contribution in [0.1, 0.15) is 33.6 Å². The number of hydrogen-bond acceptors (Lipinski definition) is 6. The van der Waals surface area contributed by atoms with Crippen molar-refractivity contribution in [2.75, 3.05) is 11.9 Å². The summed E-state index contributed by atoms with van der Waals surface area (Å²) < 4.78 is 0. The van der Waals surface area contributed by atoms with Gasteiger partial charge in [0.1, 0.15) is 5.82 Å². The Balaban J connectivity index is 1.60. The summed E-state index contributed by atoms with van der Waals surface area (Å²) in [5.41, 5.74) is -0.0979. The molecule has 0 atom stereocenters. The third-order valence-electron chi connectivity index (χ3n) is 3.73. The maximum absolute atomic E-state index is 12.3. The molecule has 10 heteroatoms. The number of non-ortho nitro benzene ring substituents is 1. The first-order valence-corrected chi connectivity index (χ1v) is 7.41. The SMILES string of the molecule is O=C(CCCN1C(=O)c2ccc([N+](=O)[O-])cc2C1=O)Nc1ccn[nH]1. The zero-order chi connectivity index (χ0) is 18.0. The lowest BCUT2D eigenvalue weighted by Crippen LogP contribution is -2.31. The number of aromatic amines is 1. The molecule has 0 aliphatic carbocycles. The van der Waals surface area contributed by atoms with Gasteiger partial charge in [0.15, 0.2) is 0 Å². The molecule has 0 bridgehead atoms. The highest BCUT2D eigenvalue weighted by molar-refractivity contribution is 6.21. The van der Waals surface area contributed by atoms with E-state index in [1.165, 1.54) is 18.3 Å². The monoisotopic (exact) mass is 343 g/mol. The Morgan fingerprint density at radius 3 is 2.68 bits per heavy atom. The Morgan fingerprint density at radius 2 is 2.00 bits per heavy atom. The number of nitro groups is 1. The number of nitro benzene ring substituents is 1. The van der Waals surface area contributed by atoms with Gasteiger partial charge in [0, 0.05) is 31.2 Å². The van der Waals surface area contributed by atoms with Crippen LogP contribution in [-0.4, -0.2) is 44.3 Å². The van der Waals surface area contributed by atoms with E-state index in [9.17, 15) is 24.5 Å². The number of nitrogens with zero attached hydrogens (tertiary/aromatic N) is 3. The predicted octanol–water partition coefficient (Wildman–Crippen LogP) is 1.33. The molecule has 128 valence electrons. The highest BCUT2D eigenvalue weighted by atomic mass is 16.6. The molecule has 25 heavy (non-hydrogen) atoms. The van der Waals surface area contributed by atoms with Crippen molar-refractivity contribution in [3.05, 3.63) is 51.7 Å². The maximum Gasteiger partial charge on any atom is 0.270 e. The molecule has 2 aromatic rings. The van der Waals surface area contributed by atoms with Crippen LogP contribution < -0.4 is 5.32 Å². The number of fused-ring (bicyclic) bond motifs is 1. The summed E-state index contributed by atoms with van der Waals surface area (Å²) in [5.74, 6) is -0.920. The summed E-state index contributed by atoms with van der Waals surface area (Å²) in [6.07, 6.45) is 1.87. The molecule has 0 saturated heterocycles. The van der Waals surface area contributed by atoms with Crippen LogP contribution in [0, 0.1) is 10.1 Å². The van der Waals surface area contributed by atoms with Crippen LogP contribution in [0.4, 0.5) is 11.5 Å². The Kier molecular flexibility index (Phi) is 4.25. The first-order chi connectivity index (χ1) is 12.0. The normalized spacial score (nSPS) is 13.0. The number of hydrogen-bond donors (Lipinski definition) is 2. The van der Waals surface area contributed by atoms with E-state index in [2.05, 4.69) is 15.5 Å². The second-order valence-corrected chi connectivity index (χ2v) is 5.37. The fraction of sp³-hybridized carbons (Fsp3) is 0.200. The molecule has 2 heterocycles. The summed E-state index contributed by atoms with van der Waals surface area (Å²) in [5, 5.41) is 19.7. The third kappa shape index (κ3) is 3.22. The van der Waals surface area contributed by atoms with Crippen molar-refractivity contribution in [2.45, 2.75) is 12.8 Å². The molecular weight excluding hydrogens is 330 g/mol. The van der Waals surface area contributed by atoms with E-state index in [-0.39, 0.29) is 42.1 Å². The molecule has 0 fully saturated rings. The molecule has 10 nitrogen and oxygen atoms in total. The van der Waals surface area contributed by atoms with Crippen LogP contribution in [0.25, 0.3) is 0 Å². The van der Waals surface area contributed by atoms with Gasteiger partial charge in [-0.3, -0.25) is 34.5 Å². The number of carbonyl (C=O) groups is 3. The number of anilines is 1. The van der Waals surface area contributed by atoms with Gasteiger partial charge >= 0.3 is 0 Å². The van der Waals surface area contributed by atoms with Crippen molar-refractivity contribution < 1.29 is 19.3 Å². The van der Waals surface area contributed by atoms with Crippen molar-refractivity contribution >= 4 is 29.2 Å². The maximum atomic E-state index is 12.3. The fourth-order valence-corrected chi connectivity index (χ4v) is 2.53. The summed E-state index contributed by atoms with van der Waals surface area (Å²) in [6.45, 7) is 0.0521. The minimum absolute atomic E-state index is 0.0149. The zero-order valence-electron chi connectivity index (χ0n) is 12.9. The standard InChI is InChI=1S/C15H13N5O5/c21-13(17-12-5-6-16-18-12)2-1-7-19-14(22)10-4-3-9(20(24)25)8-11(10)15(19)23/h3-6,8H,1-2,7H2,(H2,16,17,18,21). The van der Waals surface area contributed by atoms with Gasteiger partial charge in [0.25, 0.3) is 17.5 Å². The molecule has 1 aliphatic rings. The van der Waals surface area contributed by atoms with Gasteiger partial charge in [-0.25, -0.2) is 0 Å². The van der Waals surface area contributed by atoms with E-state index in [4.69, 9.17) is 0 Å². The Labute approximate surface area is 141 Å². The average molecular weight is 343 g/mol. The summed E-state index contributed by atoms with van der Waals surface area (Å²) in [7, 11) is 0. The summed E-state index contributed by atoms with van der Waals surface area (Å²) in [6, 6.07) is 5.15. The molecule has 3 rings (SSSR count). The van der Waals surface area contributed by atoms with Gasteiger partial charge in [0.2, 0.25) is 5.91 Å². The second kappa shape index (κ2) is 6.51. The highest BCUT2D eigenvalue weighted by Crippen LogP contribution is 2.27. The molecule has 1 aromatic carbocycles. The quantitative estimate of drug-likeness (QED) is 0.461. The van der Waals surface area contributed by atoms with Crippen LogP contribution in [-0.2, 0) is 4.79 Å². The molecule has 3 amide bonds. The second-order valence-electron chi connectivity index (χ2n) is 5.37. The van der Waals surface area contributed by atoms with Gasteiger partial charge < -0.3 is 5.32 Å². The van der Waals surface area contributed by atoms with Gasteiger partial charge in [-0.2, -0.15) is 5.10 Å². The largest absolute Gasteiger partial charge is 0.311 e. The summed E-state index contributed by atoms with van der Waals surface area (Å²) in [4.78, 5) is 47.5. The van der Waals surface area contributed by atoms with Gasteiger partial charge in [-0.15, -0.1) is 0 Å². The van der Waals surface area contributed by atoms with Crippen molar-refractivity contribution in [1.82, 2.24) is 15.1 Å². The molecule has 0 spiro atoms. The predicted molar refractivity (Wildman–Crippen MR) is 84.9 cm³/mol. The van der Waals surface area contributed by atoms with E-state index in [0.717, 1.165) is 11.0 Å². The smallest absolute Gasteiger partial charge is 0.270 e. The number of carbonyl (C=O) groups excluding carboxylic acids is 3. The molecule has 2 N–H and O–H groups in total. The van der Waals surface area contributed by atoms with E-state index in [0.29, 0.717) is 5.82 Å². The number of benzene rings is 1. The van der Waals surface area contributed by atoms with E-state index in [1.54, 1.807) is 6.07 Å². The van der Waals surface area contributed by atoms with Crippen LogP contribution in [0.15, 0.2) is 30.5 Å². The van der Waals surface area contributed by atoms with E-state index >= 15 is 0 Å². The molecular formula is C15H13N5O5.